The van der Waals surface area contributed by atoms with Crippen molar-refractivity contribution in [3.05, 3.63) is 51.1 Å². The van der Waals surface area contributed by atoms with Crippen molar-refractivity contribution >= 4 is 22.9 Å². The van der Waals surface area contributed by atoms with E-state index < -0.39 is 5.54 Å². The summed E-state index contributed by atoms with van der Waals surface area (Å²) in [5.74, 6) is -0.131. The Kier molecular flexibility index (Phi) is 4.24. The van der Waals surface area contributed by atoms with Crippen molar-refractivity contribution in [3.8, 4) is 0 Å². The van der Waals surface area contributed by atoms with Crippen LogP contribution in [0.25, 0.3) is 0 Å². The molecule has 20 heavy (non-hydrogen) atoms. The molecule has 0 spiro atoms. The Morgan fingerprint density at radius 2 is 2.00 bits per heavy atom. The van der Waals surface area contributed by atoms with Gasteiger partial charge in [-0.2, -0.15) is 0 Å². The van der Waals surface area contributed by atoms with Gasteiger partial charge < -0.3 is 15.6 Å². The SMILES string of the molecule is CC(C)(Nc1ccccc1)C(=O)NCc1csc(=O)[nH]1. The van der Waals surface area contributed by atoms with Gasteiger partial charge in [0.2, 0.25) is 5.91 Å². The number of amides is 1. The molecule has 106 valence electrons. The molecule has 0 saturated heterocycles. The van der Waals surface area contributed by atoms with Crippen LogP contribution in [0.2, 0.25) is 0 Å². The van der Waals surface area contributed by atoms with Crippen LogP contribution in [-0.4, -0.2) is 16.4 Å². The Bertz CT molecular complexity index is 631. The number of aromatic amines is 1. The Balaban J connectivity index is 1.95. The third kappa shape index (κ3) is 3.71. The van der Waals surface area contributed by atoms with Gasteiger partial charge in [0.25, 0.3) is 0 Å². The van der Waals surface area contributed by atoms with Crippen molar-refractivity contribution in [1.82, 2.24) is 10.3 Å². The summed E-state index contributed by atoms with van der Waals surface area (Å²) in [5.41, 5.74) is 0.859. The second-order valence-corrected chi connectivity index (χ2v) is 5.81. The average molecular weight is 291 g/mol. The highest BCUT2D eigenvalue weighted by molar-refractivity contribution is 7.07. The van der Waals surface area contributed by atoms with Crippen LogP contribution in [0.15, 0.2) is 40.5 Å². The predicted molar refractivity (Wildman–Crippen MR) is 80.9 cm³/mol. The summed E-state index contributed by atoms with van der Waals surface area (Å²) in [4.78, 5) is 25.7. The van der Waals surface area contributed by atoms with Crippen LogP contribution in [-0.2, 0) is 11.3 Å². The number of H-pyrrole nitrogens is 1. The molecule has 0 unspecified atom stereocenters. The molecule has 6 heteroatoms. The maximum atomic E-state index is 12.2. The number of rotatable bonds is 5. The Labute approximate surface area is 121 Å². The molecule has 0 aliphatic heterocycles. The number of nitrogens with one attached hydrogen (secondary N) is 3. The van der Waals surface area contributed by atoms with Gasteiger partial charge >= 0.3 is 4.87 Å². The zero-order chi connectivity index (χ0) is 14.6. The molecule has 0 aliphatic rings. The summed E-state index contributed by atoms with van der Waals surface area (Å²) in [5, 5.41) is 7.69. The van der Waals surface area contributed by atoms with Gasteiger partial charge in [-0.15, -0.1) is 0 Å². The molecule has 0 aliphatic carbocycles. The lowest BCUT2D eigenvalue weighted by molar-refractivity contribution is -0.124. The minimum Gasteiger partial charge on any atom is -0.372 e. The monoisotopic (exact) mass is 291 g/mol. The Hall–Kier alpha value is -2.08. The third-order valence-electron chi connectivity index (χ3n) is 2.81. The first-order valence-corrected chi connectivity index (χ1v) is 7.13. The zero-order valence-corrected chi connectivity index (χ0v) is 12.2. The summed E-state index contributed by atoms with van der Waals surface area (Å²) in [6.07, 6.45) is 0. The van der Waals surface area contributed by atoms with Crippen molar-refractivity contribution in [1.29, 1.82) is 0 Å². The van der Waals surface area contributed by atoms with Gasteiger partial charge in [0.1, 0.15) is 5.54 Å². The first-order valence-electron chi connectivity index (χ1n) is 6.25. The van der Waals surface area contributed by atoms with Crippen molar-refractivity contribution < 1.29 is 4.79 Å². The predicted octanol–water partition coefficient (Wildman–Crippen LogP) is 1.94. The van der Waals surface area contributed by atoms with Crippen LogP contribution in [0.4, 0.5) is 5.69 Å². The number of anilines is 1. The van der Waals surface area contributed by atoms with E-state index in [1.54, 1.807) is 5.38 Å². The Morgan fingerprint density at radius 3 is 2.60 bits per heavy atom. The number of hydrogen-bond donors (Lipinski definition) is 3. The van der Waals surface area contributed by atoms with Crippen molar-refractivity contribution in [2.45, 2.75) is 25.9 Å². The highest BCUT2D eigenvalue weighted by Crippen LogP contribution is 2.14. The second-order valence-electron chi connectivity index (χ2n) is 4.97. The number of para-hydroxylation sites is 1. The zero-order valence-electron chi connectivity index (χ0n) is 11.4. The molecule has 1 aromatic carbocycles. The molecule has 0 radical (unpaired) electrons. The Morgan fingerprint density at radius 1 is 1.30 bits per heavy atom. The molecular formula is C14H17N3O2S. The number of hydrogen-bond acceptors (Lipinski definition) is 4. The van der Waals surface area contributed by atoms with Crippen molar-refractivity contribution in [3.63, 3.8) is 0 Å². The highest BCUT2D eigenvalue weighted by Gasteiger charge is 2.26. The van der Waals surface area contributed by atoms with E-state index in [1.165, 1.54) is 0 Å². The molecule has 1 heterocycles. The summed E-state index contributed by atoms with van der Waals surface area (Å²) in [7, 11) is 0. The fourth-order valence-electron chi connectivity index (χ4n) is 1.74. The summed E-state index contributed by atoms with van der Waals surface area (Å²) < 4.78 is 0. The van der Waals surface area contributed by atoms with E-state index in [0.29, 0.717) is 12.2 Å². The summed E-state index contributed by atoms with van der Waals surface area (Å²) >= 11 is 1.09. The van der Waals surface area contributed by atoms with E-state index in [1.807, 2.05) is 44.2 Å². The van der Waals surface area contributed by atoms with Gasteiger partial charge in [-0.05, 0) is 26.0 Å². The van der Waals surface area contributed by atoms with E-state index in [4.69, 9.17) is 0 Å². The third-order valence-corrected chi connectivity index (χ3v) is 3.53. The molecule has 5 nitrogen and oxygen atoms in total. The lowest BCUT2D eigenvalue weighted by Gasteiger charge is -2.26. The molecule has 3 N–H and O–H groups in total. The van der Waals surface area contributed by atoms with E-state index in [9.17, 15) is 9.59 Å². The number of carbonyl (C=O) groups is 1. The molecule has 2 rings (SSSR count). The average Bonchev–Trinajstić information content (AvgIpc) is 2.82. The van der Waals surface area contributed by atoms with Crippen LogP contribution in [0.3, 0.4) is 0 Å². The van der Waals surface area contributed by atoms with Gasteiger partial charge in [-0.1, -0.05) is 29.5 Å². The van der Waals surface area contributed by atoms with Crippen LogP contribution < -0.4 is 15.5 Å². The first-order chi connectivity index (χ1) is 9.47. The van der Waals surface area contributed by atoms with Gasteiger partial charge in [0.05, 0.1) is 6.54 Å². The minimum atomic E-state index is -0.738. The van der Waals surface area contributed by atoms with Gasteiger partial charge in [0, 0.05) is 16.8 Å². The highest BCUT2D eigenvalue weighted by atomic mass is 32.1. The molecule has 0 atom stereocenters. The van der Waals surface area contributed by atoms with Crippen molar-refractivity contribution in [2.24, 2.45) is 0 Å². The molecule has 0 saturated carbocycles. The van der Waals surface area contributed by atoms with E-state index in [0.717, 1.165) is 17.0 Å². The van der Waals surface area contributed by atoms with Crippen LogP contribution in [0.5, 0.6) is 0 Å². The molecule has 0 bridgehead atoms. The summed E-state index contributed by atoms with van der Waals surface area (Å²) in [6.45, 7) is 3.94. The topological polar surface area (TPSA) is 74.0 Å². The lowest BCUT2D eigenvalue weighted by Crippen LogP contribution is -2.47. The van der Waals surface area contributed by atoms with Crippen molar-refractivity contribution in [2.75, 3.05) is 5.32 Å². The van der Waals surface area contributed by atoms with E-state index in [-0.39, 0.29) is 10.8 Å². The molecular weight excluding hydrogens is 274 g/mol. The molecule has 1 aromatic heterocycles. The fourth-order valence-corrected chi connectivity index (χ4v) is 2.32. The van der Waals surface area contributed by atoms with Crippen LogP contribution in [0, 0.1) is 0 Å². The smallest absolute Gasteiger partial charge is 0.304 e. The number of carbonyl (C=O) groups excluding carboxylic acids is 1. The normalized spacial score (nSPS) is 11.1. The van der Waals surface area contributed by atoms with Crippen LogP contribution >= 0.6 is 11.3 Å². The van der Waals surface area contributed by atoms with Gasteiger partial charge in [-0.25, -0.2) is 0 Å². The standard InChI is InChI=1S/C14H17N3O2S/c1-14(2,17-10-6-4-3-5-7-10)12(18)15-8-11-9-20-13(19)16-11/h3-7,9,17H,8H2,1-2H3,(H,15,18)(H,16,19). The largest absolute Gasteiger partial charge is 0.372 e. The number of thiazole rings is 1. The molecule has 0 fully saturated rings. The van der Waals surface area contributed by atoms with E-state index in [2.05, 4.69) is 15.6 Å². The number of aromatic nitrogens is 1. The fraction of sp³-hybridized carbons (Fsp3) is 0.286. The summed E-state index contributed by atoms with van der Waals surface area (Å²) in [6, 6.07) is 9.56. The van der Waals surface area contributed by atoms with Crippen LogP contribution in [0.1, 0.15) is 19.5 Å². The number of benzene rings is 1. The van der Waals surface area contributed by atoms with Gasteiger partial charge in [0.15, 0.2) is 0 Å². The van der Waals surface area contributed by atoms with Gasteiger partial charge in [-0.3, -0.25) is 9.59 Å². The molecule has 2 aromatic rings. The maximum absolute atomic E-state index is 12.2. The first kappa shape index (κ1) is 14.3. The lowest BCUT2D eigenvalue weighted by atomic mass is 10.0. The van der Waals surface area contributed by atoms with E-state index >= 15 is 0 Å². The minimum absolute atomic E-state index is 0.115. The second kappa shape index (κ2) is 5.92. The molecule has 1 amide bonds. The quantitative estimate of drug-likeness (QED) is 0.788. The maximum Gasteiger partial charge on any atom is 0.304 e.